The van der Waals surface area contributed by atoms with Gasteiger partial charge in [-0.3, -0.25) is 0 Å². The predicted molar refractivity (Wildman–Crippen MR) is 64.0 cm³/mol. The quantitative estimate of drug-likeness (QED) is 0.711. The molecule has 0 radical (unpaired) electrons. The number of fused-ring (bicyclic) bond motifs is 1. The topological polar surface area (TPSA) is 66.5 Å². The molecule has 0 saturated heterocycles. The molecule has 0 bridgehead atoms. The first-order valence-electron chi connectivity index (χ1n) is 4.84. The average Bonchev–Trinajstić information content (AvgIpc) is 2.89. The van der Waals surface area contributed by atoms with Crippen LogP contribution in [0.15, 0.2) is 24.3 Å². The van der Waals surface area contributed by atoms with E-state index in [0.717, 1.165) is 22.3 Å². The fourth-order valence-electron chi connectivity index (χ4n) is 1.73. The summed E-state index contributed by atoms with van der Waals surface area (Å²) in [5, 5.41) is 12.5. The summed E-state index contributed by atoms with van der Waals surface area (Å²) in [7, 11) is 0. The lowest BCUT2D eigenvalue weighted by molar-refractivity contribution is 0.961. The van der Waals surface area contributed by atoms with Crippen LogP contribution in [0.5, 0.6) is 0 Å². The third-order valence-corrected chi connectivity index (χ3v) is 2.94. The smallest absolute Gasteiger partial charge is 0.229 e. The Morgan fingerprint density at radius 3 is 3.00 bits per heavy atom. The van der Waals surface area contributed by atoms with Crippen molar-refractivity contribution in [1.29, 1.82) is 0 Å². The highest BCUT2D eigenvalue weighted by atomic mass is 32.1. The highest BCUT2D eigenvalue weighted by molar-refractivity contribution is 7.09. The van der Waals surface area contributed by atoms with E-state index in [1.165, 1.54) is 11.5 Å². The van der Waals surface area contributed by atoms with E-state index < -0.39 is 0 Å². The van der Waals surface area contributed by atoms with Gasteiger partial charge in [0.15, 0.2) is 0 Å². The summed E-state index contributed by atoms with van der Waals surface area (Å²) in [4.78, 5) is 3.31. The van der Waals surface area contributed by atoms with E-state index in [9.17, 15) is 0 Å². The Morgan fingerprint density at radius 1 is 1.31 bits per heavy atom. The molecule has 0 amide bonds. The Hall–Kier alpha value is -1.95. The Labute approximate surface area is 95.7 Å². The molecule has 0 spiro atoms. The second-order valence-corrected chi connectivity index (χ2v) is 4.20. The lowest BCUT2D eigenvalue weighted by Crippen LogP contribution is -1.90. The molecule has 3 aromatic rings. The van der Waals surface area contributed by atoms with E-state index in [1.54, 1.807) is 0 Å². The third kappa shape index (κ3) is 1.43. The van der Waals surface area contributed by atoms with Gasteiger partial charge < -0.3 is 10.3 Å². The second-order valence-electron chi connectivity index (χ2n) is 3.46. The standard InChI is InChI=1S/C10H9N5S/c1-6-9(12-10-13-14-15-16-10)7-4-2-3-5-8(7)11-6/h2-5,11H,1H3,(H,12,13,15). The maximum absolute atomic E-state index is 3.87. The zero-order valence-electron chi connectivity index (χ0n) is 8.56. The number of rotatable bonds is 2. The van der Waals surface area contributed by atoms with E-state index in [-0.39, 0.29) is 0 Å². The largest absolute Gasteiger partial charge is 0.357 e. The molecule has 2 heterocycles. The van der Waals surface area contributed by atoms with E-state index in [2.05, 4.69) is 31.2 Å². The SMILES string of the molecule is Cc1[nH]c2ccccc2c1Nc1nnns1. The zero-order valence-corrected chi connectivity index (χ0v) is 9.38. The van der Waals surface area contributed by atoms with Crippen molar-refractivity contribution in [2.45, 2.75) is 6.92 Å². The summed E-state index contributed by atoms with van der Waals surface area (Å²) >= 11 is 1.24. The molecule has 0 aliphatic heterocycles. The Morgan fingerprint density at radius 2 is 2.19 bits per heavy atom. The van der Waals surface area contributed by atoms with Crippen molar-refractivity contribution >= 4 is 33.3 Å². The van der Waals surface area contributed by atoms with Crippen LogP contribution in [-0.4, -0.2) is 19.8 Å². The van der Waals surface area contributed by atoms with Crippen molar-refractivity contribution in [3.05, 3.63) is 30.0 Å². The van der Waals surface area contributed by atoms with Crippen molar-refractivity contribution in [2.24, 2.45) is 0 Å². The van der Waals surface area contributed by atoms with Gasteiger partial charge in [0.2, 0.25) is 5.13 Å². The third-order valence-electron chi connectivity index (χ3n) is 2.42. The maximum atomic E-state index is 3.87. The zero-order chi connectivity index (χ0) is 11.0. The first kappa shape index (κ1) is 9.29. The van der Waals surface area contributed by atoms with Crippen LogP contribution in [0.2, 0.25) is 0 Å². The first-order chi connectivity index (χ1) is 7.84. The van der Waals surface area contributed by atoms with Crippen molar-refractivity contribution in [2.75, 3.05) is 5.32 Å². The number of aromatic amines is 1. The number of aromatic nitrogens is 4. The van der Waals surface area contributed by atoms with Gasteiger partial charge in [0.05, 0.1) is 5.69 Å². The highest BCUT2D eigenvalue weighted by Crippen LogP contribution is 2.29. The first-order valence-corrected chi connectivity index (χ1v) is 5.61. The van der Waals surface area contributed by atoms with Gasteiger partial charge in [0, 0.05) is 28.1 Å². The number of hydrogen-bond acceptors (Lipinski definition) is 5. The fraction of sp³-hybridized carbons (Fsp3) is 0.100. The van der Waals surface area contributed by atoms with Crippen LogP contribution in [0.4, 0.5) is 10.8 Å². The van der Waals surface area contributed by atoms with Crippen LogP contribution < -0.4 is 5.32 Å². The van der Waals surface area contributed by atoms with E-state index in [0.29, 0.717) is 5.13 Å². The molecule has 2 aromatic heterocycles. The minimum Gasteiger partial charge on any atom is -0.357 e. The molecule has 2 N–H and O–H groups in total. The minimum absolute atomic E-state index is 0.702. The Kier molecular flexibility index (Phi) is 2.07. The van der Waals surface area contributed by atoms with Gasteiger partial charge in [0.25, 0.3) is 0 Å². The van der Waals surface area contributed by atoms with E-state index in [1.807, 2.05) is 25.1 Å². The molecule has 0 fully saturated rings. The number of H-pyrrole nitrogens is 1. The van der Waals surface area contributed by atoms with Crippen molar-refractivity contribution in [1.82, 2.24) is 19.8 Å². The number of aryl methyl sites for hydroxylation is 1. The Bertz CT molecular complexity index is 613. The molecule has 5 nitrogen and oxygen atoms in total. The molecule has 3 rings (SSSR count). The maximum Gasteiger partial charge on any atom is 0.229 e. The van der Waals surface area contributed by atoms with Gasteiger partial charge in [0.1, 0.15) is 0 Å². The summed E-state index contributed by atoms with van der Waals surface area (Å²) < 4.78 is 3.72. The van der Waals surface area contributed by atoms with Crippen LogP contribution in [0, 0.1) is 6.92 Å². The summed E-state index contributed by atoms with van der Waals surface area (Å²) in [6.07, 6.45) is 0. The number of nitrogens with zero attached hydrogens (tertiary/aromatic N) is 3. The number of benzene rings is 1. The number of para-hydroxylation sites is 1. The van der Waals surface area contributed by atoms with E-state index in [4.69, 9.17) is 0 Å². The van der Waals surface area contributed by atoms with Gasteiger partial charge in [-0.05, 0) is 18.2 Å². The molecule has 16 heavy (non-hydrogen) atoms. The Balaban J connectivity index is 2.12. The van der Waals surface area contributed by atoms with Crippen molar-refractivity contribution in [3.8, 4) is 0 Å². The van der Waals surface area contributed by atoms with Crippen molar-refractivity contribution < 1.29 is 0 Å². The average molecular weight is 231 g/mol. The molecule has 0 aliphatic carbocycles. The number of anilines is 2. The molecular weight excluding hydrogens is 222 g/mol. The summed E-state index contributed by atoms with van der Waals surface area (Å²) in [5.74, 6) is 0. The highest BCUT2D eigenvalue weighted by Gasteiger charge is 2.09. The molecule has 0 aliphatic rings. The summed E-state index contributed by atoms with van der Waals surface area (Å²) in [6.45, 7) is 2.02. The van der Waals surface area contributed by atoms with Crippen molar-refractivity contribution in [3.63, 3.8) is 0 Å². The van der Waals surface area contributed by atoms with Gasteiger partial charge >= 0.3 is 0 Å². The molecule has 6 heteroatoms. The van der Waals surface area contributed by atoms with Gasteiger partial charge in [-0.1, -0.05) is 27.8 Å². The lowest BCUT2D eigenvalue weighted by Gasteiger charge is -2.00. The van der Waals surface area contributed by atoms with Crippen LogP contribution in [0.25, 0.3) is 10.9 Å². The van der Waals surface area contributed by atoms with Crippen LogP contribution in [0.1, 0.15) is 5.69 Å². The molecule has 1 aromatic carbocycles. The second kappa shape index (κ2) is 3.57. The lowest BCUT2D eigenvalue weighted by atomic mass is 10.2. The molecule has 80 valence electrons. The monoisotopic (exact) mass is 231 g/mol. The predicted octanol–water partition coefficient (Wildman–Crippen LogP) is 2.47. The molecular formula is C10H9N5S. The van der Waals surface area contributed by atoms with E-state index >= 15 is 0 Å². The van der Waals surface area contributed by atoms with Crippen LogP contribution in [0.3, 0.4) is 0 Å². The van der Waals surface area contributed by atoms with Gasteiger partial charge in [-0.2, -0.15) is 0 Å². The summed E-state index contributed by atoms with van der Waals surface area (Å²) in [6, 6.07) is 8.13. The van der Waals surface area contributed by atoms with Crippen LogP contribution in [-0.2, 0) is 0 Å². The molecule has 0 atom stereocenters. The minimum atomic E-state index is 0.702. The van der Waals surface area contributed by atoms with Gasteiger partial charge in [-0.25, -0.2) is 0 Å². The fourth-order valence-corrected chi connectivity index (χ4v) is 2.10. The number of nitrogens with one attached hydrogen (secondary N) is 2. The normalized spacial score (nSPS) is 10.8. The molecule has 0 saturated carbocycles. The summed E-state index contributed by atoms with van der Waals surface area (Å²) in [5.41, 5.74) is 3.23. The van der Waals surface area contributed by atoms with Crippen LogP contribution >= 0.6 is 11.5 Å². The van der Waals surface area contributed by atoms with Gasteiger partial charge in [-0.15, -0.1) is 0 Å². The molecule has 0 unspecified atom stereocenters. The number of hydrogen-bond donors (Lipinski definition) is 2.